The molecule has 2 aliphatic rings. The van der Waals surface area contributed by atoms with Gasteiger partial charge in [0.05, 0.1) is 26.2 Å². The average Bonchev–Trinajstić information content (AvgIpc) is 3.10. The first kappa shape index (κ1) is 16.6. The molecular weight excluding hydrogens is 286 g/mol. The van der Waals surface area contributed by atoms with Crippen LogP contribution < -0.4 is 5.32 Å². The van der Waals surface area contributed by atoms with Gasteiger partial charge in [0.25, 0.3) is 0 Å². The van der Waals surface area contributed by atoms with E-state index in [0.717, 1.165) is 25.7 Å². The Morgan fingerprint density at radius 3 is 2.45 bits per heavy atom. The Kier molecular flexibility index (Phi) is 6.53. The van der Waals surface area contributed by atoms with E-state index in [0.29, 0.717) is 30.9 Å². The number of nitrogens with one attached hydrogen (secondary N) is 1. The van der Waals surface area contributed by atoms with Crippen molar-refractivity contribution in [2.45, 2.75) is 32.1 Å². The van der Waals surface area contributed by atoms with Crippen molar-refractivity contribution in [1.82, 2.24) is 5.32 Å². The summed E-state index contributed by atoms with van der Waals surface area (Å²) in [5.41, 5.74) is 0. The Hall–Kier alpha value is -1.74. The van der Waals surface area contributed by atoms with Gasteiger partial charge in [0.1, 0.15) is 0 Å². The van der Waals surface area contributed by atoms with E-state index in [-0.39, 0.29) is 19.6 Å². The maximum absolute atomic E-state index is 11.5. The molecule has 0 aromatic heterocycles. The third-order valence-electron chi connectivity index (χ3n) is 4.22. The number of carbonyl (C=O) groups excluding carboxylic acids is 1. The zero-order valence-electron chi connectivity index (χ0n) is 12.7. The van der Waals surface area contributed by atoms with Gasteiger partial charge in [-0.15, -0.1) is 11.8 Å². The fraction of sp³-hybridized carbons (Fsp3) is 0.750. The van der Waals surface area contributed by atoms with Gasteiger partial charge in [-0.05, 0) is 30.6 Å². The Morgan fingerprint density at radius 2 is 1.82 bits per heavy atom. The van der Waals surface area contributed by atoms with Crippen LogP contribution in [-0.4, -0.2) is 43.5 Å². The first-order valence-corrected chi connectivity index (χ1v) is 7.84. The van der Waals surface area contributed by atoms with E-state index in [9.17, 15) is 9.59 Å². The van der Waals surface area contributed by atoms with Gasteiger partial charge in [-0.2, -0.15) is 0 Å². The summed E-state index contributed by atoms with van der Waals surface area (Å²) >= 11 is 0. The molecule has 1 saturated carbocycles. The number of hydrogen-bond acceptors (Lipinski definition) is 4. The quantitative estimate of drug-likeness (QED) is 0.526. The molecule has 0 aromatic carbocycles. The lowest BCUT2D eigenvalue weighted by Crippen LogP contribution is -2.28. The van der Waals surface area contributed by atoms with Crippen LogP contribution in [0.4, 0.5) is 4.79 Å². The molecule has 0 bridgehead atoms. The predicted octanol–water partition coefficient (Wildman–Crippen LogP) is 1.64. The lowest BCUT2D eigenvalue weighted by atomic mass is 10.1. The molecule has 0 aromatic rings. The number of carbonyl (C=O) groups is 2. The van der Waals surface area contributed by atoms with Gasteiger partial charge in [-0.3, -0.25) is 4.79 Å². The van der Waals surface area contributed by atoms with Gasteiger partial charge in [-0.1, -0.05) is 0 Å². The van der Waals surface area contributed by atoms with Crippen LogP contribution in [0.1, 0.15) is 32.1 Å². The van der Waals surface area contributed by atoms with Crippen LogP contribution in [0.3, 0.4) is 0 Å². The summed E-state index contributed by atoms with van der Waals surface area (Å²) in [7, 11) is 0. The number of amides is 1. The van der Waals surface area contributed by atoms with Gasteiger partial charge in [0, 0.05) is 19.4 Å². The van der Waals surface area contributed by atoms with E-state index >= 15 is 0 Å². The van der Waals surface area contributed by atoms with E-state index in [1.807, 2.05) is 0 Å². The van der Waals surface area contributed by atoms with E-state index in [1.54, 1.807) is 0 Å². The molecule has 0 spiro atoms. The molecule has 3 atom stereocenters. The molecule has 22 heavy (non-hydrogen) atoms. The Balaban J connectivity index is 1.49. The topological polar surface area (TPSA) is 84.9 Å². The second-order valence-corrected chi connectivity index (χ2v) is 5.70. The summed E-state index contributed by atoms with van der Waals surface area (Å²) in [6.07, 6.45) is 3.68. The van der Waals surface area contributed by atoms with Crippen LogP contribution in [0.5, 0.6) is 0 Å². The summed E-state index contributed by atoms with van der Waals surface area (Å²) in [5, 5.41) is 11.0. The number of aliphatic carboxylic acids is 1. The van der Waals surface area contributed by atoms with Gasteiger partial charge >= 0.3 is 12.1 Å². The highest BCUT2D eigenvalue weighted by molar-refractivity contribution is 5.67. The van der Waals surface area contributed by atoms with Gasteiger partial charge in [0.2, 0.25) is 0 Å². The van der Waals surface area contributed by atoms with Crippen molar-refractivity contribution in [2.24, 2.45) is 17.8 Å². The smallest absolute Gasteiger partial charge is 0.407 e. The number of carboxylic acid groups (broad SMARTS) is 1. The van der Waals surface area contributed by atoms with Crippen molar-refractivity contribution < 1.29 is 24.2 Å². The minimum Gasteiger partial charge on any atom is -0.481 e. The Labute approximate surface area is 130 Å². The highest BCUT2D eigenvalue weighted by Crippen LogP contribution is 2.52. The number of fused-ring (bicyclic) bond motifs is 1. The van der Waals surface area contributed by atoms with Gasteiger partial charge in [0.15, 0.2) is 0 Å². The van der Waals surface area contributed by atoms with E-state index in [4.69, 9.17) is 14.6 Å². The molecule has 0 saturated heterocycles. The summed E-state index contributed by atoms with van der Waals surface area (Å²) < 4.78 is 10.3. The van der Waals surface area contributed by atoms with Crippen molar-refractivity contribution in [3.63, 3.8) is 0 Å². The van der Waals surface area contributed by atoms with Crippen LogP contribution in [0.25, 0.3) is 0 Å². The molecule has 2 rings (SSSR count). The SMILES string of the molecule is O=C(O)CCOCCNC(=O)OC[C@@H]1[C@@H]2CCC#CCC[C@@H]21. The molecule has 1 amide bonds. The standard InChI is InChI=1S/C16H23NO5/c18-15(19)7-9-21-10-8-17-16(20)22-11-14-12-5-3-1-2-4-6-13(12)14/h12-14H,3-11H2,(H,17,20)(H,18,19)/t12-,13+,14-. The molecule has 6 heteroatoms. The first-order chi connectivity index (χ1) is 10.7. The van der Waals surface area contributed by atoms with Crippen molar-refractivity contribution in [1.29, 1.82) is 0 Å². The molecule has 6 nitrogen and oxygen atoms in total. The molecule has 2 aliphatic carbocycles. The number of hydrogen-bond donors (Lipinski definition) is 2. The second kappa shape index (κ2) is 8.64. The van der Waals surface area contributed by atoms with E-state index in [2.05, 4.69) is 17.2 Å². The first-order valence-electron chi connectivity index (χ1n) is 7.84. The molecule has 0 unspecified atom stereocenters. The maximum Gasteiger partial charge on any atom is 0.407 e. The van der Waals surface area contributed by atoms with Crippen molar-refractivity contribution in [3.8, 4) is 11.8 Å². The third kappa shape index (κ3) is 5.57. The van der Waals surface area contributed by atoms with E-state index < -0.39 is 12.1 Å². The van der Waals surface area contributed by atoms with Crippen LogP contribution >= 0.6 is 0 Å². The lowest BCUT2D eigenvalue weighted by Gasteiger charge is -2.07. The van der Waals surface area contributed by atoms with Gasteiger partial charge in [-0.25, -0.2) is 4.79 Å². The number of carboxylic acids is 1. The van der Waals surface area contributed by atoms with Crippen LogP contribution in [0.2, 0.25) is 0 Å². The number of ether oxygens (including phenoxy) is 2. The molecule has 0 radical (unpaired) electrons. The summed E-state index contributed by atoms with van der Waals surface area (Å²) in [5.74, 6) is 7.25. The van der Waals surface area contributed by atoms with Gasteiger partial charge < -0.3 is 19.9 Å². The van der Waals surface area contributed by atoms with Crippen LogP contribution in [0.15, 0.2) is 0 Å². The maximum atomic E-state index is 11.5. The minimum absolute atomic E-state index is 0.0291. The van der Waals surface area contributed by atoms with E-state index in [1.165, 1.54) is 0 Å². The summed E-state index contributed by atoms with van der Waals surface area (Å²) in [6.45, 7) is 1.23. The number of rotatable bonds is 8. The molecule has 1 fully saturated rings. The lowest BCUT2D eigenvalue weighted by molar-refractivity contribution is -0.138. The van der Waals surface area contributed by atoms with Crippen molar-refractivity contribution in [3.05, 3.63) is 0 Å². The third-order valence-corrected chi connectivity index (χ3v) is 4.22. The molecule has 0 aliphatic heterocycles. The largest absolute Gasteiger partial charge is 0.481 e. The average molecular weight is 309 g/mol. The van der Waals surface area contributed by atoms with Crippen molar-refractivity contribution >= 4 is 12.1 Å². The Morgan fingerprint density at radius 1 is 1.14 bits per heavy atom. The molecule has 0 heterocycles. The normalized spacial score (nSPS) is 25.7. The fourth-order valence-electron chi connectivity index (χ4n) is 2.99. The van der Waals surface area contributed by atoms with Crippen molar-refractivity contribution in [2.75, 3.05) is 26.4 Å². The molecular formula is C16H23NO5. The number of alkyl carbamates (subject to hydrolysis) is 1. The fourth-order valence-corrected chi connectivity index (χ4v) is 2.99. The zero-order valence-corrected chi connectivity index (χ0v) is 12.7. The van der Waals surface area contributed by atoms with Crippen LogP contribution in [-0.2, 0) is 14.3 Å². The highest BCUT2D eigenvalue weighted by atomic mass is 16.5. The monoisotopic (exact) mass is 309 g/mol. The Bertz CT molecular complexity index is 435. The molecule has 2 N–H and O–H groups in total. The summed E-state index contributed by atoms with van der Waals surface area (Å²) in [4.78, 5) is 21.8. The zero-order chi connectivity index (χ0) is 15.8. The van der Waals surface area contributed by atoms with Crippen LogP contribution in [0, 0.1) is 29.6 Å². The predicted molar refractivity (Wildman–Crippen MR) is 79.1 cm³/mol. The minimum atomic E-state index is -0.893. The molecule has 122 valence electrons. The second-order valence-electron chi connectivity index (χ2n) is 5.70. The summed E-state index contributed by atoms with van der Waals surface area (Å²) in [6, 6.07) is 0. The highest BCUT2D eigenvalue weighted by Gasteiger charge is 2.49.